The molecule has 0 aromatic carbocycles. The largest absolute Gasteiger partial charge is 0.397 e. The number of ether oxygens (including phenoxy) is 1. The van der Waals surface area contributed by atoms with E-state index in [1.807, 2.05) is 30.6 Å². The Bertz CT molecular complexity index is 1490. The maximum atomic E-state index is 12.4. The summed E-state index contributed by atoms with van der Waals surface area (Å²) in [6, 6.07) is 2.06. The van der Waals surface area contributed by atoms with Gasteiger partial charge in [0, 0.05) is 50.9 Å². The van der Waals surface area contributed by atoms with Crippen molar-refractivity contribution in [2.45, 2.75) is 40.8 Å². The van der Waals surface area contributed by atoms with E-state index in [0.717, 1.165) is 66.8 Å². The molecule has 0 aliphatic carbocycles. The normalized spacial score (nSPS) is 12.0. The predicted molar refractivity (Wildman–Crippen MR) is 164 cm³/mol. The van der Waals surface area contributed by atoms with Crippen molar-refractivity contribution in [1.82, 2.24) is 38.7 Å². The van der Waals surface area contributed by atoms with Gasteiger partial charge < -0.3 is 25.9 Å². The SMILES string of the molecule is C/C=C(N)\C(F)=C/NC.CCOCCN(CC)Cc1cc(Nc2nc(C)cn3c(-c4cnn(CC=O)c4)cnc23)sn1. The van der Waals surface area contributed by atoms with Crippen LogP contribution in [0.25, 0.3) is 16.9 Å². The second kappa shape index (κ2) is 16.3. The van der Waals surface area contributed by atoms with E-state index < -0.39 is 5.83 Å². The standard InChI is InChI=1S/C22H28N8O2S.C6H11FN2/c1-4-28(7-9-32-5-2)15-18-10-20(33-27-18)26-21-22-23-12-19(30(22)13-16(3)25-21)17-11-24-29(14-17)6-8-31;1-3-6(8)5(7)4-9-2/h8,10-14H,4-7,9,15H2,1-3H3,(H,25,26);3-4,9H,8H2,1-2H3/b;5-4+,6-3+. The number of nitrogens with one attached hydrogen (secondary N) is 2. The Hall–Kier alpha value is -4.14. The Morgan fingerprint density at radius 2 is 2.10 bits per heavy atom. The number of carbonyl (C=O) groups is 1. The average Bonchev–Trinajstić information content (AvgIpc) is 3.73. The van der Waals surface area contributed by atoms with Crippen LogP contribution in [0, 0.1) is 6.92 Å². The van der Waals surface area contributed by atoms with E-state index in [4.69, 9.17) is 10.5 Å². The summed E-state index contributed by atoms with van der Waals surface area (Å²) >= 11 is 1.41. The lowest BCUT2D eigenvalue weighted by Crippen LogP contribution is -2.27. The van der Waals surface area contributed by atoms with Crippen molar-refractivity contribution >= 4 is 34.3 Å². The molecule has 0 unspecified atom stereocenters. The molecule has 4 aromatic rings. The molecule has 0 amide bonds. The van der Waals surface area contributed by atoms with Gasteiger partial charge in [0.1, 0.15) is 11.3 Å². The Balaban J connectivity index is 0.000000467. The number of hydrogen-bond acceptors (Lipinski definition) is 11. The van der Waals surface area contributed by atoms with E-state index in [2.05, 4.69) is 48.0 Å². The number of likely N-dealkylation sites (N-methyl/N-ethyl adjacent to an activating group) is 1. The second-order valence-electron chi connectivity index (χ2n) is 9.08. The zero-order valence-electron chi connectivity index (χ0n) is 24.7. The molecule has 14 heteroatoms. The molecule has 0 aliphatic rings. The Labute approximate surface area is 249 Å². The molecule has 4 aromatic heterocycles. The van der Waals surface area contributed by atoms with E-state index in [-0.39, 0.29) is 12.2 Å². The number of imidazole rings is 1. The molecule has 12 nitrogen and oxygen atoms in total. The van der Waals surface area contributed by atoms with Gasteiger partial charge in [-0.15, -0.1) is 0 Å². The number of halogens is 1. The molecule has 4 rings (SSSR count). The molecule has 0 aliphatic heterocycles. The summed E-state index contributed by atoms with van der Waals surface area (Å²) in [6.45, 7) is 12.0. The van der Waals surface area contributed by atoms with Crippen LogP contribution in [-0.4, -0.2) is 73.1 Å². The van der Waals surface area contributed by atoms with E-state index in [9.17, 15) is 9.18 Å². The fraction of sp³-hybridized carbons (Fsp3) is 0.393. The number of nitrogens with two attached hydrogens (primary N) is 1. The zero-order chi connectivity index (χ0) is 30.5. The highest BCUT2D eigenvalue weighted by molar-refractivity contribution is 7.10. The summed E-state index contributed by atoms with van der Waals surface area (Å²) in [7, 11) is 1.61. The topological polar surface area (TPSA) is 141 Å². The fourth-order valence-corrected chi connectivity index (χ4v) is 4.56. The van der Waals surface area contributed by atoms with Crippen LogP contribution in [0.15, 0.2) is 54.7 Å². The molecule has 4 heterocycles. The fourth-order valence-electron chi connectivity index (χ4n) is 3.90. The summed E-state index contributed by atoms with van der Waals surface area (Å²) < 4.78 is 26.1. The number of rotatable bonds is 14. The van der Waals surface area contributed by atoms with Gasteiger partial charge in [0.05, 0.1) is 48.3 Å². The van der Waals surface area contributed by atoms with Gasteiger partial charge in [-0.25, -0.2) is 14.4 Å². The lowest BCUT2D eigenvalue weighted by molar-refractivity contribution is -0.108. The minimum Gasteiger partial charge on any atom is -0.397 e. The van der Waals surface area contributed by atoms with Gasteiger partial charge in [0.2, 0.25) is 0 Å². The van der Waals surface area contributed by atoms with Crippen molar-refractivity contribution in [3.63, 3.8) is 0 Å². The van der Waals surface area contributed by atoms with Crippen LogP contribution >= 0.6 is 11.5 Å². The molecule has 0 spiro atoms. The molecule has 0 fully saturated rings. The number of aldehydes is 1. The minimum atomic E-state index is -0.431. The third kappa shape index (κ3) is 8.93. The summed E-state index contributed by atoms with van der Waals surface area (Å²) in [5, 5.41) is 11.1. The number of allylic oxidation sites excluding steroid dienone is 2. The van der Waals surface area contributed by atoms with Crippen molar-refractivity contribution < 1.29 is 13.9 Å². The molecule has 0 atom stereocenters. The smallest absolute Gasteiger partial charge is 0.180 e. The molecule has 0 bridgehead atoms. The Morgan fingerprint density at radius 1 is 1.29 bits per heavy atom. The van der Waals surface area contributed by atoms with E-state index in [1.165, 1.54) is 23.8 Å². The number of carbonyl (C=O) groups excluding carboxylic acids is 1. The molecular formula is C28H39FN10O2S. The maximum absolute atomic E-state index is 12.4. The van der Waals surface area contributed by atoms with E-state index in [0.29, 0.717) is 11.5 Å². The van der Waals surface area contributed by atoms with Gasteiger partial charge in [-0.05, 0) is 44.9 Å². The van der Waals surface area contributed by atoms with Gasteiger partial charge in [0.25, 0.3) is 0 Å². The second-order valence-corrected chi connectivity index (χ2v) is 9.89. The highest BCUT2D eigenvalue weighted by Gasteiger charge is 2.15. The van der Waals surface area contributed by atoms with E-state index >= 15 is 0 Å². The van der Waals surface area contributed by atoms with Gasteiger partial charge >= 0.3 is 0 Å². The number of hydrogen-bond donors (Lipinski definition) is 3. The molecule has 4 N–H and O–H groups in total. The zero-order valence-corrected chi connectivity index (χ0v) is 25.5. The van der Waals surface area contributed by atoms with Gasteiger partial charge in [0.15, 0.2) is 17.3 Å². The molecular weight excluding hydrogens is 559 g/mol. The molecule has 42 heavy (non-hydrogen) atoms. The van der Waals surface area contributed by atoms with Crippen molar-refractivity contribution in [3.8, 4) is 11.3 Å². The van der Waals surface area contributed by atoms with Crippen molar-refractivity contribution in [2.75, 3.05) is 38.7 Å². The highest BCUT2D eigenvalue weighted by atomic mass is 32.1. The van der Waals surface area contributed by atoms with Crippen LogP contribution in [0.2, 0.25) is 0 Å². The summed E-state index contributed by atoms with van der Waals surface area (Å²) in [6.07, 6.45) is 10.8. The number of fused-ring (bicyclic) bond motifs is 1. The van der Waals surface area contributed by atoms with Gasteiger partial charge in [-0.2, -0.15) is 9.47 Å². The third-order valence-electron chi connectivity index (χ3n) is 6.05. The lowest BCUT2D eigenvalue weighted by atomic mass is 10.3. The summed E-state index contributed by atoms with van der Waals surface area (Å²) in [5.74, 6) is 0.237. The molecule has 0 radical (unpaired) electrons. The summed E-state index contributed by atoms with van der Waals surface area (Å²) in [5.41, 5.74) is 9.67. The van der Waals surface area contributed by atoms with Crippen LogP contribution < -0.4 is 16.4 Å². The maximum Gasteiger partial charge on any atom is 0.180 e. The number of nitrogens with zero attached hydrogens (tertiary/aromatic N) is 7. The van der Waals surface area contributed by atoms with Crippen LogP contribution in [0.1, 0.15) is 32.2 Å². The highest BCUT2D eigenvalue weighted by Crippen LogP contribution is 2.28. The van der Waals surface area contributed by atoms with Crippen molar-refractivity contribution in [1.29, 1.82) is 0 Å². The number of aromatic nitrogens is 6. The van der Waals surface area contributed by atoms with Crippen molar-refractivity contribution in [3.05, 3.63) is 66.0 Å². The van der Waals surface area contributed by atoms with Crippen LogP contribution in [0.4, 0.5) is 15.2 Å². The van der Waals surface area contributed by atoms with Crippen LogP contribution in [0.5, 0.6) is 0 Å². The first kappa shape index (κ1) is 32.4. The number of aryl methyl sites for hydroxylation is 1. The minimum absolute atomic E-state index is 0.157. The van der Waals surface area contributed by atoms with Crippen LogP contribution in [0.3, 0.4) is 0 Å². The quantitative estimate of drug-likeness (QED) is 0.111. The average molecular weight is 599 g/mol. The van der Waals surface area contributed by atoms with Crippen molar-refractivity contribution in [2.24, 2.45) is 5.73 Å². The van der Waals surface area contributed by atoms with Crippen LogP contribution in [-0.2, 0) is 22.6 Å². The predicted octanol–water partition coefficient (Wildman–Crippen LogP) is 4.04. The Morgan fingerprint density at radius 3 is 2.79 bits per heavy atom. The number of anilines is 2. The monoisotopic (exact) mass is 598 g/mol. The molecule has 0 saturated heterocycles. The summed E-state index contributed by atoms with van der Waals surface area (Å²) in [4.78, 5) is 22.3. The lowest BCUT2D eigenvalue weighted by Gasteiger charge is -2.18. The molecule has 0 saturated carbocycles. The first-order valence-electron chi connectivity index (χ1n) is 13.6. The van der Waals surface area contributed by atoms with Gasteiger partial charge in [-0.3, -0.25) is 14.0 Å². The van der Waals surface area contributed by atoms with Gasteiger partial charge in [-0.1, -0.05) is 13.0 Å². The Kier molecular flexibility index (Phi) is 12.6. The van der Waals surface area contributed by atoms with E-state index in [1.54, 1.807) is 31.0 Å². The molecule has 226 valence electrons. The first-order chi connectivity index (χ1) is 20.3. The first-order valence-corrected chi connectivity index (χ1v) is 14.4. The third-order valence-corrected chi connectivity index (χ3v) is 6.79.